The Kier molecular flexibility index (Phi) is 7.74. The van der Waals surface area contributed by atoms with Crippen molar-refractivity contribution < 1.29 is 9.53 Å². The molecule has 0 aliphatic carbocycles. The summed E-state index contributed by atoms with van der Waals surface area (Å²) in [5.41, 5.74) is 4.22. The lowest BCUT2D eigenvalue weighted by molar-refractivity contribution is -0.128. The predicted octanol–water partition coefficient (Wildman–Crippen LogP) is 2.90. The Labute approximate surface area is 240 Å². The van der Waals surface area contributed by atoms with Gasteiger partial charge in [-0.1, -0.05) is 12.6 Å². The molecule has 1 N–H and O–H groups in total. The minimum Gasteiger partial charge on any atom is -0.462 e. The zero-order valence-corrected chi connectivity index (χ0v) is 23.6. The maximum Gasteiger partial charge on any atom is 0.318 e. The van der Waals surface area contributed by atoms with Gasteiger partial charge < -0.3 is 24.3 Å². The van der Waals surface area contributed by atoms with Gasteiger partial charge >= 0.3 is 6.01 Å². The minimum absolute atomic E-state index is 0.139. The molecule has 3 aliphatic heterocycles. The fourth-order valence-corrected chi connectivity index (χ4v) is 6.44. The molecule has 0 saturated carbocycles. The molecule has 6 rings (SSSR count). The summed E-state index contributed by atoms with van der Waals surface area (Å²) in [7, 11) is 2.14. The zero-order chi connectivity index (χ0) is 28.3. The zero-order valence-electron chi connectivity index (χ0n) is 23.6. The molecule has 2 fully saturated rings. The normalized spacial score (nSPS) is 21.4. The number of anilines is 2. The molecule has 41 heavy (non-hydrogen) atoms. The highest BCUT2D eigenvalue weighted by atomic mass is 16.5. The number of amides is 1. The Morgan fingerprint density at radius 2 is 2.10 bits per heavy atom. The monoisotopic (exact) mass is 555 g/mol. The highest BCUT2D eigenvalue weighted by Crippen LogP contribution is 2.34. The number of hydrogen-bond donors (Lipinski definition) is 1. The molecule has 11 heteroatoms. The molecule has 3 aromatic rings. The first kappa shape index (κ1) is 27.0. The van der Waals surface area contributed by atoms with Crippen LogP contribution in [-0.4, -0.2) is 94.3 Å². The van der Waals surface area contributed by atoms with Gasteiger partial charge in [-0.05, 0) is 57.5 Å². The molecule has 1 aromatic carbocycles. The second kappa shape index (κ2) is 11.7. The van der Waals surface area contributed by atoms with E-state index in [-0.39, 0.29) is 18.4 Å². The van der Waals surface area contributed by atoms with Crippen molar-refractivity contribution in [2.24, 2.45) is 0 Å². The van der Waals surface area contributed by atoms with E-state index in [0.717, 1.165) is 66.0 Å². The van der Waals surface area contributed by atoms with Crippen molar-refractivity contribution in [3.05, 3.63) is 48.3 Å². The van der Waals surface area contributed by atoms with E-state index in [0.29, 0.717) is 44.8 Å². The molecule has 5 heterocycles. The molecule has 2 unspecified atom stereocenters. The number of piperazine rings is 1. The van der Waals surface area contributed by atoms with Gasteiger partial charge in [-0.3, -0.25) is 9.89 Å². The van der Waals surface area contributed by atoms with Crippen molar-refractivity contribution in [2.45, 2.75) is 50.7 Å². The molecule has 2 atom stereocenters. The van der Waals surface area contributed by atoms with Crippen molar-refractivity contribution in [1.82, 2.24) is 30.0 Å². The fraction of sp³-hybridized carbons (Fsp3) is 0.500. The first-order valence-electron chi connectivity index (χ1n) is 14.5. The van der Waals surface area contributed by atoms with E-state index in [1.807, 2.05) is 12.3 Å². The molecule has 214 valence electrons. The highest BCUT2D eigenvalue weighted by molar-refractivity contribution is 5.91. The lowest BCUT2D eigenvalue weighted by Gasteiger charge is -2.41. The first-order valence-corrected chi connectivity index (χ1v) is 14.5. The van der Waals surface area contributed by atoms with Crippen LogP contribution in [0.25, 0.3) is 10.9 Å². The van der Waals surface area contributed by atoms with Crippen LogP contribution in [-0.2, 0) is 17.8 Å². The van der Waals surface area contributed by atoms with E-state index < -0.39 is 0 Å². The average Bonchev–Trinajstić information content (AvgIpc) is 3.58. The molecule has 1 amide bonds. The first-order chi connectivity index (χ1) is 20.1. The third-order valence-electron chi connectivity index (χ3n) is 8.69. The summed E-state index contributed by atoms with van der Waals surface area (Å²) in [6.07, 6.45) is 7.52. The Morgan fingerprint density at radius 3 is 2.90 bits per heavy atom. The van der Waals surface area contributed by atoms with Crippen LogP contribution in [0.5, 0.6) is 6.01 Å². The maximum absolute atomic E-state index is 12.5. The largest absolute Gasteiger partial charge is 0.462 e. The molecule has 0 bridgehead atoms. The summed E-state index contributed by atoms with van der Waals surface area (Å²) < 4.78 is 6.29. The number of benzene rings is 1. The SMILES string of the molecule is C=CC(=O)N1CCN(c2nc(OCC3CCCN3C)nc3c2CCCN(c2cccc4[nH]ncc24)C3)CC1CC#N. The van der Waals surface area contributed by atoms with Crippen LogP contribution in [0.3, 0.4) is 0 Å². The third kappa shape index (κ3) is 5.44. The average molecular weight is 556 g/mol. The Bertz CT molecular complexity index is 1460. The van der Waals surface area contributed by atoms with Crippen LogP contribution >= 0.6 is 0 Å². The second-order valence-electron chi connectivity index (χ2n) is 11.2. The van der Waals surface area contributed by atoms with Crippen LogP contribution in [0.15, 0.2) is 37.1 Å². The van der Waals surface area contributed by atoms with E-state index in [1.54, 1.807) is 4.90 Å². The van der Waals surface area contributed by atoms with E-state index in [4.69, 9.17) is 14.7 Å². The molecule has 11 nitrogen and oxygen atoms in total. The van der Waals surface area contributed by atoms with Gasteiger partial charge in [-0.2, -0.15) is 20.3 Å². The molecule has 0 radical (unpaired) electrons. The van der Waals surface area contributed by atoms with Gasteiger partial charge in [0.25, 0.3) is 0 Å². The summed E-state index contributed by atoms with van der Waals surface area (Å²) in [6.45, 7) is 8.44. The number of carbonyl (C=O) groups is 1. The van der Waals surface area contributed by atoms with E-state index in [9.17, 15) is 10.1 Å². The Morgan fingerprint density at radius 1 is 1.20 bits per heavy atom. The second-order valence-corrected chi connectivity index (χ2v) is 11.2. The van der Waals surface area contributed by atoms with Gasteiger partial charge in [0.05, 0.1) is 42.5 Å². The summed E-state index contributed by atoms with van der Waals surface area (Å²) in [5.74, 6) is 0.724. The molecule has 3 aliphatic rings. The maximum atomic E-state index is 12.5. The predicted molar refractivity (Wildman–Crippen MR) is 157 cm³/mol. The van der Waals surface area contributed by atoms with Gasteiger partial charge in [0.15, 0.2) is 0 Å². The van der Waals surface area contributed by atoms with Crippen molar-refractivity contribution in [3.63, 3.8) is 0 Å². The number of nitriles is 1. The fourth-order valence-electron chi connectivity index (χ4n) is 6.44. The molecular weight excluding hydrogens is 518 g/mol. The number of rotatable bonds is 7. The van der Waals surface area contributed by atoms with Crippen LogP contribution in [0.4, 0.5) is 11.5 Å². The number of likely N-dealkylation sites (N-methyl/N-ethyl adjacent to an activating group) is 1. The van der Waals surface area contributed by atoms with Crippen LogP contribution in [0, 0.1) is 11.3 Å². The number of fused-ring (bicyclic) bond motifs is 2. The Balaban J connectivity index is 1.34. The van der Waals surface area contributed by atoms with Crippen LogP contribution in [0.2, 0.25) is 0 Å². The topological polar surface area (TPSA) is 118 Å². The molecule has 2 aromatic heterocycles. The number of aromatic nitrogens is 4. The van der Waals surface area contributed by atoms with Crippen molar-refractivity contribution in [2.75, 3.05) is 56.2 Å². The van der Waals surface area contributed by atoms with Crippen molar-refractivity contribution >= 4 is 28.3 Å². The van der Waals surface area contributed by atoms with E-state index >= 15 is 0 Å². The van der Waals surface area contributed by atoms with Gasteiger partial charge in [0, 0.05) is 48.9 Å². The smallest absolute Gasteiger partial charge is 0.318 e. The molecular formula is C30H37N9O2. The van der Waals surface area contributed by atoms with E-state index in [1.165, 1.54) is 12.5 Å². The highest BCUT2D eigenvalue weighted by Gasteiger charge is 2.33. The number of ether oxygens (including phenoxy) is 1. The quantitative estimate of drug-likeness (QED) is 0.439. The number of nitrogens with zero attached hydrogens (tertiary/aromatic N) is 8. The minimum atomic E-state index is -0.234. The standard InChI is InChI=1S/C30H37N9O2/c1-3-28(40)39-16-15-38(18-21(39)11-12-31)29-23-8-6-14-37(27-10-4-9-25-24(27)17-32-35-25)19-26(23)33-30(34-29)41-20-22-7-5-13-36(22)2/h3-4,9-10,17,21-22H,1,5-8,11,13-16,18-20H2,2H3,(H,32,35). The lowest BCUT2D eigenvalue weighted by atomic mass is 10.1. The van der Waals surface area contributed by atoms with Crippen LogP contribution < -0.4 is 14.5 Å². The number of nitrogens with one attached hydrogen (secondary N) is 1. The summed E-state index contributed by atoms with van der Waals surface area (Å²) in [4.78, 5) is 31.2. The summed E-state index contributed by atoms with van der Waals surface area (Å²) >= 11 is 0. The van der Waals surface area contributed by atoms with E-state index in [2.05, 4.69) is 56.7 Å². The van der Waals surface area contributed by atoms with Gasteiger partial charge in [0.2, 0.25) is 5.91 Å². The lowest BCUT2D eigenvalue weighted by Crippen LogP contribution is -2.55. The van der Waals surface area contributed by atoms with Crippen molar-refractivity contribution in [1.29, 1.82) is 5.26 Å². The number of likely N-dealkylation sites (tertiary alicyclic amines) is 1. The number of H-pyrrole nitrogens is 1. The third-order valence-corrected chi connectivity index (χ3v) is 8.69. The Hall–Kier alpha value is -4.17. The number of carbonyl (C=O) groups excluding carboxylic acids is 1. The number of hydrogen-bond acceptors (Lipinski definition) is 9. The van der Waals surface area contributed by atoms with Crippen LogP contribution in [0.1, 0.15) is 36.9 Å². The number of aromatic amines is 1. The molecule has 2 saturated heterocycles. The van der Waals surface area contributed by atoms with Gasteiger partial charge in [-0.25, -0.2) is 0 Å². The molecule has 0 spiro atoms. The van der Waals surface area contributed by atoms with Gasteiger partial charge in [0.1, 0.15) is 12.4 Å². The van der Waals surface area contributed by atoms with Gasteiger partial charge in [-0.15, -0.1) is 0 Å². The van der Waals surface area contributed by atoms with Crippen molar-refractivity contribution in [3.8, 4) is 12.1 Å². The summed E-state index contributed by atoms with van der Waals surface area (Å²) in [5, 5.41) is 18.0. The summed E-state index contributed by atoms with van der Waals surface area (Å²) in [6, 6.07) is 9.01.